The van der Waals surface area contributed by atoms with Crippen molar-refractivity contribution in [3.05, 3.63) is 63.2 Å². The number of nitrogens with zero attached hydrogens (tertiary/aromatic N) is 1. The van der Waals surface area contributed by atoms with E-state index in [-0.39, 0.29) is 27.2 Å². The van der Waals surface area contributed by atoms with Gasteiger partial charge in [-0.25, -0.2) is 4.90 Å². The maximum atomic E-state index is 12.6. The topological polar surface area (TPSA) is 69.6 Å². The average Bonchev–Trinajstić information content (AvgIpc) is 2.74. The highest BCUT2D eigenvalue weighted by atomic mass is 35.5. The first-order valence-corrected chi connectivity index (χ1v) is 7.81. The van der Waals surface area contributed by atoms with Crippen LogP contribution in [0.1, 0.15) is 0 Å². The highest BCUT2D eigenvalue weighted by Crippen LogP contribution is 2.33. The monoisotopic (exact) mass is 382 g/mol. The zero-order valence-electron chi connectivity index (χ0n) is 11.9. The minimum absolute atomic E-state index is 0.00911. The maximum Gasteiger partial charge on any atom is 0.283 e. The molecule has 0 unspecified atom stereocenters. The lowest BCUT2D eigenvalue weighted by Gasteiger charge is -2.15. The van der Waals surface area contributed by atoms with Crippen molar-refractivity contribution >= 4 is 58.0 Å². The smallest absolute Gasteiger partial charge is 0.283 e. The van der Waals surface area contributed by atoms with Crippen molar-refractivity contribution in [2.45, 2.75) is 0 Å². The summed E-state index contributed by atoms with van der Waals surface area (Å²) in [6, 6.07) is 10.5. The normalized spacial score (nSPS) is 14.5. The first-order chi connectivity index (χ1) is 11.4. The number of rotatable bonds is 3. The lowest BCUT2D eigenvalue weighted by Crippen LogP contribution is -2.32. The second kappa shape index (κ2) is 6.36. The summed E-state index contributed by atoms with van der Waals surface area (Å²) in [5.74, 6) is -1.30. The van der Waals surface area contributed by atoms with E-state index in [1.165, 1.54) is 30.3 Å². The van der Waals surface area contributed by atoms with E-state index >= 15 is 0 Å². The van der Waals surface area contributed by atoms with Crippen LogP contribution in [0.5, 0.6) is 5.75 Å². The fourth-order valence-corrected chi connectivity index (χ4v) is 2.70. The summed E-state index contributed by atoms with van der Waals surface area (Å²) in [4.78, 5) is 25.8. The Kier molecular flexibility index (Phi) is 4.41. The van der Waals surface area contributed by atoms with Crippen LogP contribution in [-0.4, -0.2) is 16.9 Å². The predicted octanol–water partition coefficient (Wildman–Crippen LogP) is 4.13. The zero-order valence-corrected chi connectivity index (χ0v) is 14.2. The van der Waals surface area contributed by atoms with Crippen LogP contribution >= 0.6 is 34.8 Å². The molecule has 8 heteroatoms. The van der Waals surface area contributed by atoms with Crippen molar-refractivity contribution in [3.8, 4) is 5.75 Å². The first kappa shape index (κ1) is 16.6. The molecule has 1 aliphatic heterocycles. The number of nitrogens with one attached hydrogen (secondary N) is 1. The van der Waals surface area contributed by atoms with Gasteiger partial charge < -0.3 is 10.4 Å². The number of benzene rings is 2. The second-order valence-corrected chi connectivity index (χ2v) is 6.10. The number of anilines is 2. The van der Waals surface area contributed by atoms with Crippen molar-refractivity contribution in [2.75, 3.05) is 10.2 Å². The Hall–Kier alpha value is -2.21. The molecule has 0 aliphatic carbocycles. The van der Waals surface area contributed by atoms with E-state index in [4.69, 9.17) is 34.8 Å². The number of carbonyl (C=O) groups is 2. The summed E-state index contributed by atoms with van der Waals surface area (Å²) in [6.07, 6.45) is 0. The van der Waals surface area contributed by atoms with Crippen molar-refractivity contribution in [1.29, 1.82) is 0 Å². The van der Waals surface area contributed by atoms with Gasteiger partial charge in [-0.05, 0) is 30.3 Å². The Bertz CT molecular complexity index is 896. The van der Waals surface area contributed by atoms with Gasteiger partial charge in [-0.15, -0.1) is 0 Å². The number of aromatic hydroxyl groups is 1. The molecule has 2 N–H and O–H groups in total. The largest absolute Gasteiger partial charge is 0.508 e. The highest BCUT2D eigenvalue weighted by molar-refractivity contribution is 6.53. The number of hydrogen-bond acceptors (Lipinski definition) is 4. The van der Waals surface area contributed by atoms with Crippen LogP contribution in [0.15, 0.2) is 53.2 Å². The van der Waals surface area contributed by atoms with E-state index in [1.54, 1.807) is 12.1 Å². The third-order valence-electron chi connectivity index (χ3n) is 3.30. The standard InChI is InChI=1S/C16H9Cl3N2O3/c17-11-5-4-9(7-12(11)18)21-15(23)13(19)14(16(21)24)20-8-2-1-3-10(22)6-8/h1-7,20,22H. The van der Waals surface area contributed by atoms with Crippen molar-refractivity contribution < 1.29 is 14.7 Å². The Labute approximate surface area is 152 Å². The molecule has 0 aromatic heterocycles. The molecule has 1 heterocycles. The molecule has 24 heavy (non-hydrogen) atoms. The quantitative estimate of drug-likeness (QED) is 0.782. The minimum atomic E-state index is -0.678. The molecule has 3 rings (SSSR count). The zero-order chi connectivity index (χ0) is 17.4. The van der Waals surface area contributed by atoms with Crippen LogP contribution < -0.4 is 10.2 Å². The fraction of sp³-hybridized carbons (Fsp3) is 0. The third-order valence-corrected chi connectivity index (χ3v) is 4.39. The number of carbonyl (C=O) groups excluding carboxylic acids is 2. The Morgan fingerprint density at radius 3 is 2.33 bits per heavy atom. The molecule has 122 valence electrons. The lowest BCUT2D eigenvalue weighted by atomic mass is 10.2. The van der Waals surface area contributed by atoms with E-state index in [1.807, 2.05) is 0 Å². The van der Waals surface area contributed by atoms with E-state index in [0.717, 1.165) is 4.90 Å². The Morgan fingerprint density at radius 2 is 1.67 bits per heavy atom. The number of phenols is 1. The molecule has 0 fully saturated rings. The predicted molar refractivity (Wildman–Crippen MR) is 93.6 cm³/mol. The Balaban J connectivity index is 1.94. The third kappa shape index (κ3) is 2.94. The molecule has 2 aromatic carbocycles. The average molecular weight is 384 g/mol. The van der Waals surface area contributed by atoms with Crippen LogP contribution in [0.2, 0.25) is 10.0 Å². The van der Waals surface area contributed by atoms with Gasteiger partial charge in [0.1, 0.15) is 16.5 Å². The van der Waals surface area contributed by atoms with E-state index in [2.05, 4.69) is 5.32 Å². The van der Waals surface area contributed by atoms with Crippen LogP contribution in [0.3, 0.4) is 0 Å². The molecule has 0 atom stereocenters. The van der Waals surface area contributed by atoms with Crippen LogP contribution in [-0.2, 0) is 9.59 Å². The van der Waals surface area contributed by atoms with Gasteiger partial charge in [-0.3, -0.25) is 9.59 Å². The van der Waals surface area contributed by atoms with Crippen molar-refractivity contribution in [3.63, 3.8) is 0 Å². The van der Waals surface area contributed by atoms with E-state index in [0.29, 0.717) is 10.7 Å². The molecule has 0 saturated heterocycles. The van der Waals surface area contributed by atoms with Gasteiger partial charge in [0.2, 0.25) is 0 Å². The van der Waals surface area contributed by atoms with Gasteiger partial charge in [0.15, 0.2) is 0 Å². The summed E-state index contributed by atoms with van der Waals surface area (Å²) in [5.41, 5.74) is 0.587. The molecule has 2 aromatic rings. The fourth-order valence-electron chi connectivity index (χ4n) is 2.20. The maximum absolute atomic E-state index is 12.6. The Morgan fingerprint density at radius 1 is 0.917 bits per heavy atom. The number of hydrogen-bond donors (Lipinski definition) is 2. The van der Waals surface area contributed by atoms with Gasteiger partial charge in [0.25, 0.3) is 11.8 Å². The number of phenolic OH excluding ortho intramolecular Hbond substituents is 1. The summed E-state index contributed by atoms with van der Waals surface area (Å²) in [5, 5.41) is 12.5. The van der Waals surface area contributed by atoms with Gasteiger partial charge in [0, 0.05) is 11.8 Å². The highest BCUT2D eigenvalue weighted by Gasteiger charge is 2.39. The summed E-state index contributed by atoms with van der Waals surface area (Å²) < 4.78 is 0. The molecule has 5 nitrogen and oxygen atoms in total. The van der Waals surface area contributed by atoms with Gasteiger partial charge in [-0.1, -0.05) is 40.9 Å². The molecule has 1 aliphatic rings. The number of amides is 2. The molecule has 2 amide bonds. The summed E-state index contributed by atoms with van der Waals surface area (Å²) in [7, 11) is 0. The molecule has 0 bridgehead atoms. The molecule has 0 spiro atoms. The van der Waals surface area contributed by atoms with Crippen molar-refractivity contribution in [2.24, 2.45) is 0 Å². The number of imide groups is 1. The summed E-state index contributed by atoms with van der Waals surface area (Å²) in [6.45, 7) is 0. The molecule has 0 saturated carbocycles. The lowest BCUT2D eigenvalue weighted by molar-refractivity contribution is -0.120. The first-order valence-electron chi connectivity index (χ1n) is 6.68. The van der Waals surface area contributed by atoms with Crippen LogP contribution in [0.25, 0.3) is 0 Å². The van der Waals surface area contributed by atoms with Gasteiger partial charge in [-0.2, -0.15) is 0 Å². The summed E-state index contributed by atoms with van der Waals surface area (Å²) >= 11 is 17.8. The van der Waals surface area contributed by atoms with Crippen LogP contribution in [0, 0.1) is 0 Å². The van der Waals surface area contributed by atoms with Gasteiger partial charge in [0.05, 0.1) is 15.7 Å². The SMILES string of the molecule is O=C1C(Cl)=C(Nc2cccc(O)c2)C(=O)N1c1ccc(Cl)c(Cl)c1. The molecule has 0 radical (unpaired) electrons. The van der Waals surface area contributed by atoms with Crippen LogP contribution in [0.4, 0.5) is 11.4 Å². The minimum Gasteiger partial charge on any atom is -0.508 e. The molecular weight excluding hydrogens is 375 g/mol. The molecular formula is C16H9Cl3N2O3. The van der Waals surface area contributed by atoms with E-state index < -0.39 is 11.8 Å². The second-order valence-electron chi connectivity index (χ2n) is 4.91. The van der Waals surface area contributed by atoms with Crippen molar-refractivity contribution in [1.82, 2.24) is 0 Å². The van der Waals surface area contributed by atoms with Gasteiger partial charge >= 0.3 is 0 Å². The van der Waals surface area contributed by atoms with E-state index in [9.17, 15) is 14.7 Å². The number of halogens is 3.